The lowest BCUT2D eigenvalue weighted by molar-refractivity contribution is 0.276. The number of hydrogen-bond donors (Lipinski definition) is 2. The van der Waals surface area contributed by atoms with Crippen LogP contribution >= 0.6 is 0 Å². The van der Waals surface area contributed by atoms with Gasteiger partial charge in [-0.3, -0.25) is 0 Å². The predicted octanol–water partition coefficient (Wildman–Crippen LogP) is 0.599. The van der Waals surface area contributed by atoms with Gasteiger partial charge < -0.3 is 14.8 Å². The lowest BCUT2D eigenvalue weighted by atomic mass is 10.5. The summed E-state index contributed by atoms with van der Waals surface area (Å²) in [6, 6.07) is 0.464. The van der Waals surface area contributed by atoms with Crippen LogP contribution in [0.4, 0.5) is 6.01 Å². The number of anilines is 1. The van der Waals surface area contributed by atoms with Gasteiger partial charge in [-0.25, -0.2) is 0 Å². The van der Waals surface area contributed by atoms with Gasteiger partial charge in [0.15, 0.2) is 0 Å². The van der Waals surface area contributed by atoms with E-state index in [9.17, 15) is 0 Å². The molecular weight excluding hydrogens is 132 g/mol. The fourth-order valence-electron chi connectivity index (χ4n) is 0.612. The molecule has 0 aliphatic heterocycles. The van der Waals surface area contributed by atoms with Gasteiger partial charge in [-0.1, -0.05) is 0 Å². The zero-order chi connectivity index (χ0) is 7.40. The molecule has 0 aliphatic rings. The van der Waals surface area contributed by atoms with Crippen LogP contribution in [0.15, 0.2) is 10.7 Å². The molecule has 0 aliphatic carbocycles. The number of nitrogens with one attached hydrogen (secondary N) is 1. The molecule has 0 saturated heterocycles. The van der Waals surface area contributed by atoms with Gasteiger partial charge in [0.25, 0.3) is 6.01 Å². The van der Waals surface area contributed by atoms with Crippen molar-refractivity contribution in [2.24, 2.45) is 0 Å². The largest absolute Gasteiger partial charge is 0.432 e. The Labute approximate surface area is 58.9 Å². The number of aliphatic hydroxyl groups is 1. The van der Waals surface area contributed by atoms with Crippen LogP contribution in [0.1, 0.15) is 12.6 Å². The molecule has 2 N–H and O–H groups in total. The minimum Gasteiger partial charge on any atom is -0.432 e. The molecule has 1 rings (SSSR count). The third-order valence-electron chi connectivity index (χ3n) is 1.04. The van der Waals surface area contributed by atoms with E-state index in [1.807, 2.05) is 6.92 Å². The summed E-state index contributed by atoms with van der Waals surface area (Å²) >= 11 is 0. The van der Waals surface area contributed by atoms with E-state index >= 15 is 0 Å². The minimum absolute atomic E-state index is 0.0745. The smallest absolute Gasteiger partial charge is 0.294 e. The lowest BCUT2D eigenvalue weighted by Crippen LogP contribution is -1.96. The molecule has 0 fully saturated rings. The molecule has 1 heterocycles. The number of rotatable bonds is 3. The molecule has 4 nitrogen and oxygen atoms in total. The van der Waals surface area contributed by atoms with Crippen molar-refractivity contribution in [3.63, 3.8) is 0 Å². The second-order valence-corrected chi connectivity index (χ2v) is 1.83. The topological polar surface area (TPSA) is 58.3 Å². The van der Waals surface area contributed by atoms with Gasteiger partial charge in [0.2, 0.25) is 0 Å². The number of oxazole rings is 1. The molecule has 0 bridgehead atoms. The highest BCUT2D eigenvalue weighted by Crippen LogP contribution is 2.05. The van der Waals surface area contributed by atoms with Crippen LogP contribution in [0.5, 0.6) is 0 Å². The van der Waals surface area contributed by atoms with Crippen LogP contribution in [0, 0.1) is 0 Å². The fraction of sp³-hybridized carbons (Fsp3) is 0.500. The van der Waals surface area contributed by atoms with Gasteiger partial charge in [-0.2, -0.15) is 4.98 Å². The molecule has 0 spiro atoms. The van der Waals surface area contributed by atoms with E-state index in [-0.39, 0.29) is 6.61 Å². The SMILES string of the molecule is CCNc1nc(CO)co1. The Kier molecular flexibility index (Phi) is 2.28. The summed E-state index contributed by atoms with van der Waals surface area (Å²) in [6.07, 6.45) is 1.43. The van der Waals surface area contributed by atoms with E-state index in [0.717, 1.165) is 6.54 Å². The minimum atomic E-state index is -0.0745. The second-order valence-electron chi connectivity index (χ2n) is 1.83. The van der Waals surface area contributed by atoms with Crippen molar-refractivity contribution in [1.29, 1.82) is 0 Å². The normalized spacial score (nSPS) is 9.80. The zero-order valence-corrected chi connectivity index (χ0v) is 5.79. The van der Waals surface area contributed by atoms with E-state index in [1.165, 1.54) is 6.26 Å². The van der Waals surface area contributed by atoms with E-state index in [0.29, 0.717) is 11.7 Å². The zero-order valence-electron chi connectivity index (χ0n) is 5.79. The van der Waals surface area contributed by atoms with Gasteiger partial charge in [-0.05, 0) is 6.92 Å². The molecule has 1 aromatic rings. The molecule has 4 heteroatoms. The van der Waals surface area contributed by atoms with E-state index in [4.69, 9.17) is 9.52 Å². The molecule has 0 atom stereocenters. The van der Waals surface area contributed by atoms with Gasteiger partial charge in [0.1, 0.15) is 12.0 Å². The maximum Gasteiger partial charge on any atom is 0.294 e. The Morgan fingerprint density at radius 1 is 1.80 bits per heavy atom. The van der Waals surface area contributed by atoms with Gasteiger partial charge >= 0.3 is 0 Å². The summed E-state index contributed by atoms with van der Waals surface area (Å²) in [5.74, 6) is 0. The standard InChI is InChI=1S/C6H10N2O2/c1-2-7-6-8-5(3-9)4-10-6/h4,9H,2-3H2,1H3,(H,7,8). The van der Waals surface area contributed by atoms with Crippen molar-refractivity contribution in [1.82, 2.24) is 4.98 Å². The highest BCUT2D eigenvalue weighted by atomic mass is 16.4. The Bertz CT molecular complexity index is 197. The Balaban J connectivity index is 2.59. The van der Waals surface area contributed by atoms with Crippen LogP contribution in [-0.4, -0.2) is 16.6 Å². The van der Waals surface area contributed by atoms with Crippen molar-refractivity contribution in [3.8, 4) is 0 Å². The molecule has 0 saturated carbocycles. The van der Waals surface area contributed by atoms with Crippen molar-refractivity contribution < 1.29 is 9.52 Å². The van der Waals surface area contributed by atoms with Crippen LogP contribution in [0.25, 0.3) is 0 Å². The summed E-state index contributed by atoms with van der Waals surface area (Å²) in [4.78, 5) is 3.89. The Morgan fingerprint density at radius 2 is 2.60 bits per heavy atom. The highest BCUT2D eigenvalue weighted by molar-refractivity contribution is 5.20. The van der Waals surface area contributed by atoms with E-state index in [2.05, 4.69) is 10.3 Å². The number of nitrogens with zero attached hydrogens (tertiary/aromatic N) is 1. The number of hydrogen-bond acceptors (Lipinski definition) is 4. The first kappa shape index (κ1) is 7.08. The molecule has 0 amide bonds. The average Bonchev–Trinajstić information content (AvgIpc) is 2.37. The molecule has 1 aromatic heterocycles. The van der Waals surface area contributed by atoms with Crippen molar-refractivity contribution in [2.45, 2.75) is 13.5 Å². The van der Waals surface area contributed by atoms with E-state index < -0.39 is 0 Å². The lowest BCUT2D eigenvalue weighted by Gasteiger charge is -1.91. The first-order valence-electron chi connectivity index (χ1n) is 3.16. The Morgan fingerprint density at radius 3 is 3.10 bits per heavy atom. The molecule has 56 valence electrons. The summed E-state index contributed by atoms with van der Waals surface area (Å²) < 4.78 is 4.91. The summed E-state index contributed by atoms with van der Waals surface area (Å²) in [7, 11) is 0. The van der Waals surface area contributed by atoms with Crippen LogP contribution in [-0.2, 0) is 6.61 Å². The summed E-state index contributed by atoms with van der Waals surface area (Å²) in [5, 5.41) is 11.4. The first-order valence-corrected chi connectivity index (χ1v) is 3.16. The molecule has 10 heavy (non-hydrogen) atoms. The maximum absolute atomic E-state index is 8.57. The first-order chi connectivity index (χ1) is 4.86. The molecule has 0 aromatic carbocycles. The monoisotopic (exact) mass is 142 g/mol. The van der Waals surface area contributed by atoms with Crippen molar-refractivity contribution in [2.75, 3.05) is 11.9 Å². The van der Waals surface area contributed by atoms with Crippen molar-refractivity contribution in [3.05, 3.63) is 12.0 Å². The van der Waals surface area contributed by atoms with Crippen LogP contribution in [0.2, 0.25) is 0 Å². The highest BCUT2D eigenvalue weighted by Gasteiger charge is 1.98. The summed E-state index contributed by atoms with van der Waals surface area (Å²) in [6.45, 7) is 2.64. The third-order valence-corrected chi connectivity index (χ3v) is 1.04. The van der Waals surface area contributed by atoms with Gasteiger partial charge in [0, 0.05) is 6.54 Å². The number of aromatic nitrogens is 1. The molecule has 0 unspecified atom stereocenters. The summed E-state index contributed by atoms with van der Waals surface area (Å²) in [5.41, 5.74) is 0.552. The van der Waals surface area contributed by atoms with Crippen molar-refractivity contribution >= 4 is 6.01 Å². The fourth-order valence-corrected chi connectivity index (χ4v) is 0.612. The molecule has 0 radical (unpaired) electrons. The van der Waals surface area contributed by atoms with E-state index in [1.54, 1.807) is 0 Å². The quantitative estimate of drug-likeness (QED) is 0.648. The van der Waals surface area contributed by atoms with Gasteiger partial charge in [0.05, 0.1) is 6.61 Å². The Hall–Kier alpha value is -1.03. The van der Waals surface area contributed by atoms with Crippen LogP contribution < -0.4 is 5.32 Å². The molecular formula is C6H10N2O2. The average molecular weight is 142 g/mol. The predicted molar refractivity (Wildman–Crippen MR) is 36.6 cm³/mol. The second kappa shape index (κ2) is 3.22. The third kappa shape index (κ3) is 1.48. The van der Waals surface area contributed by atoms with Crippen LogP contribution in [0.3, 0.4) is 0 Å². The number of aliphatic hydroxyl groups excluding tert-OH is 1. The van der Waals surface area contributed by atoms with Gasteiger partial charge in [-0.15, -0.1) is 0 Å². The maximum atomic E-state index is 8.57.